The largest absolute Gasteiger partial charge is 0.354 e. The summed E-state index contributed by atoms with van der Waals surface area (Å²) in [6.07, 6.45) is 3.09. The molecular weight excluding hydrogens is 497 g/mol. The first kappa shape index (κ1) is 28.0. The number of rotatable bonds is 12. The summed E-state index contributed by atoms with van der Waals surface area (Å²) in [5.41, 5.74) is 0.846. The number of amides is 2. The van der Waals surface area contributed by atoms with E-state index in [1.165, 1.54) is 4.90 Å². The van der Waals surface area contributed by atoms with Gasteiger partial charge in [-0.2, -0.15) is 0 Å². The molecule has 186 valence electrons. The van der Waals surface area contributed by atoms with Gasteiger partial charge in [-0.3, -0.25) is 13.9 Å². The van der Waals surface area contributed by atoms with Crippen molar-refractivity contribution < 1.29 is 18.0 Å². The first-order valence-electron chi connectivity index (χ1n) is 11.1. The Morgan fingerprint density at radius 2 is 1.62 bits per heavy atom. The van der Waals surface area contributed by atoms with Gasteiger partial charge in [0.2, 0.25) is 21.8 Å². The summed E-state index contributed by atoms with van der Waals surface area (Å²) in [5.74, 6) is -0.846. The Bertz CT molecular complexity index is 1060. The predicted molar refractivity (Wildman–Crippen MR) is 138 cm³/mol. The molecule has 0 fully saturated rings. The number of benzene rings is 2. The molecule has 0 aliphatic heterocycles. The zero-order chi connectivity index (χ0) is 25.3. The molecule has 7 nitrogen and oxygen atoms in total. The second-order valence-electron chi connectivity index (χ2n) is 7.90. The summed E-state index contributed by atoms with van der Waals surface area (Å²) < 4.78 is 26.1. The van der Waals surface area contributed by atoms with Crippen LogP contribution in [-0.2, 0) is 26.2 Å². The van der Waals surface area contributed by atoms with Crippen LogP contribution in [0.25, 0.3) is 0 Å². The molecule has 2 aromatic carbocycles. The highest BCUT2D eigenvalue weighted by molar-refractivity contribution is 7.92. The minimum atomic E-state index is -3.77. The van der Waals surface area contributed by atoms with Crippen molar-refractivity contribution in [3.8, 4) is 0 Å². The van der Waals surface area contributed by atoms with Gasteiger partial charge in [-0.1, -0.05) is 67.7 Å². The van der Waals surface area contributed by atoms with E-state index in [1.807, 2.05) is 6.92 Å². The molecule has 0 spiro atoms. The van der Waals surface area contributed by atoms with E-state index in [-0.39, 0.29) is 12.5 Å². The van der Waals surface area contributed by atoms with Gasteiger partial charge in [-0.15, -0.1) is 0 Å². The number of carbonyl (C=O) groups excluding carboxylic acids is 2. The van der Waals surface area contributed by atoms with Gasteiger partial charge in [0, 0.05) is 28.7 Å². The lowest BCUT2D eigenvalue weighted by Gasteiger charge is -2.33. The molecule has 0 saturated carbocycles. The Morgan fingerprint density at radius 3 is 2.15 bits per heavy atom. The number of para-hydroxylation sites is 1. The standard InChI is InChI=1S/C24H31Cl2N3O4S/c1-4-6-15-27-24(31)22(5-2)28(16-19-20(25)13-10-14-21(19)26)23(30)17-29(34(3,32)33)18-11-8-7-9-12-18/h7-14,22H,4-6,15-17H2,1-3H3,(H,27,31). The highest BCUT2D eigenvalue weighted by Crippen LogP contribution is 2.27. The Hall–Kier alpha value is -2.29. The molecule has 0 saturated heterocycles. The van der Waals surface area contributed by atoms with Crippen LogP contribution in [0.2, 0.25) is 10.0 Å². The fourth-order valence-electron chi connectivity index (χ4n) is 3.49. The topological polar surface area (TPSA) is 86.8 Å². The van der Waals surface area contributed by atoms with Crippen molar-refractivity contribution in [1.29, 1.82) is 0 Å². The monoisotopic (exact) mass is 527 g/mol. The molecule has 2 aromatic rings. The van der Waals surface area contributed by atoms with E-state index in [2.05, 4.69) is 5.32 Å². The van der Waals surface area contributed by atoms with E-state index >= 15 is 0 Å². The maximum atomic E-state index is 13.6. The van der Waals surface area contributed by atoms with Gasteiger partial charge in [0.1, 0.15) is 12.6 Å². The summed E-state index contributed by atoms with van der Waals surface area (Å²) in [6.45, 7) is 3.79. The van der Waals surface area contributed by atoms with Crippen LogP contribution < -0.4 is 9.62 Å². The minimum Gasteiger partial charge on any atom is -0.354 e. The normalized spacial score (nSPS) is 12.1. The number of hydrogen-bond acceptors (Lipinski definition) is 4. The van der Waals surface area contributed by atoms with E-state index in [0.717, 1.165) is 23.4 Å². The van der Waals surface area contributed by atoms with Crippen LogP contribution in [-0.4, -0.2) is 50.5 Å². The fourth-order valence-corrected chi connectivity index (χ4v) is 4.85. The average molecular weight is 529 g/mol. The van der Waals surface area contributed by atoms with Crippen LogP contribution in [0.15, 0.2) is 48.5 Å². The van der Waals surface area contributed by atoms with Gasteiger partial charge >= 0.3 is 0 Å². The van der Waals surface area contributed by atoms with Gasteiger partial charge in [-0.25, -0.2) is 8.42 Å². The Balaban J connectivity index is 2.44. The van der Waals surface area contributed by atoms with Crippen molar-refractivity contribution in [1.82, 2.24) is 10.2 Å². The smallest absolute Gasteiger partial charge is 0.244 e. The van der Waals surface area contributed by atoms with E-state index in [1.54, 1.807) is 55.5 Å². The number of carbonyl (C=O) groups is 2. The Morgan fingerprint density at radius 1 is 1.00 bits per heavy atom. The number of anilines is 1. The van der Waals surface area contributed by atoms with Gasteiger partial charge in [-0.05, 0) is 37.1 Å². The third kappa shape index (κ3) is 7.61. The third-order valence-corrected chi connectivity index (χ3v) is 7.18. The molecular formula is C24H31Cl2N3O4S. The summed E-state index contributed by atoms with van der Waals surface area (Å²) >= 11 is 12.7. The highest BCUT2D eigenvalue weighted by Gasteiger charge is 2.32. The number of unbranched alkanes of at least 4 members (excludes halogenated alkanes) is 1. The molecule has 0 aromatic heterocycles. The number of hydrogen-bond donors (Lipinski definition) is 1. The van der Waals surface area contributed by atoms with Gasteiger partial charge in [0.05, 0.1) is 11.9 Å². The number of sulfonamides is 1. The first-order valence-corrected chi connectivity index (χ1v) is 13.7. The first-order chi connectivity index (χ1) is 16.1. The van der Waals surface area contributed by atoms with Crippen LogP contribution in [0.3, 0.4) is 0 Å². The fraction of sp³-hybridized carbons (Fsp3) is 0.417. The second kappa shape index (κ2) is 13.0. The van der Waals surface area contributed by atoms with Crippen molar-refractivity contribution >= 4 is 50.7 Å². The number of nitrogens with one attached hydrogen (secondary N) is 1. The molecule has 1 N–H and O–H groups in total. The molecule has 1 atom stereocenters. The maximum absolute atomic E-state index is 13.6. The molecule has 0 aliphatic carbocycles. The quantitative estimate of drug-likeness (QED) is 0.412. The van der Waals surface area contributed by atoms with E-state index < -0.39 is 28.5 Å². The lowest BCUT2D eigenvalue weighted by atomic mass is 10.1. The highest BCUT2D eigenvalue weighted by atomic mass is 35.5. The molecule has 10 heteroatoms. The lowest BCUT2D eigenvalue weighted by Crippen LogP contribution is -2.52. The van der Waals surface area contributed by atoms with Gasteiger partial charge < -0.3 is 10.2 Å². The van der Waals surface area contributed by atoms with Crippen molar-refractivity contribution in [3.05, 3.63) is 64.1 Å². The third-order valence-electron chi connectivity index (χ3n) is 5.33. The molecule has 0 bridgehead atoms. The summed E-state index contributed by atoms with van der Waals surface area (Å²) in [6, 6.07) is 12.5. The molecule has 0 aliphatic rings. The van der Waals surface area contributed by atoms with Crippen molar-refractivity contribution in [2.75, 3.05) is 23.7 Å². The van der Waals surface area contributed by atoms with E-state index in [0.29, 0.717) is 34.3 Å². The molecule has 2 amide bonds. The molecule has 34 heavy (non-hydrogen) atoms. The Labute approximate surface area is 212 Å². The van der Waals surface area contributed by atoms with Gasteiger partial charge in [0.15, 0.2) is 0 Å². The number of halogens is 2. The molecule has 2 rings (SSSR count). The Kier molecular flexibility index (Phi) is 10.7. The van der Waals surface area contributed by atoms with E-state index in [4.69, 9.17) is 23.2 Å². The van der Waals surface area contributed by atoms with Gasteiger partial charge in [0.25, 0.3) is 0 Å². The SMILES string of the molecule is CCCCNC(=O)C(CC)N(Cc1c(Cl)cccc1Cl)C(=O)CN(c1ccccc1)S(C)(=O)=O. The van der Waals surface area contributed by atoms with Crippen LogP contribution in [0, 0.1) is 0 Å². The zero-order valence-corrected chi connectivity index (χ0v) is 22.0. The number of nitrogens with zero attached hydrogens (tertiary/aromatic N) is 2. The van der Waals surface area contributed by atoms with Crippen LogP contribution in [0.4, 0.5) is 5.69 Å². The summed E-state index contributed by atoms with van der Waals surface area (Å²) in [7, 11) is -3.77. The zero-order valence-electron chi connectivity index (χ0n) is 19.6. The van der Waals surface area contributed by atoms with Crippen LogP contribution in [0.1, 0.15) is 38.7 Å². The molecule has 0 radical (unpaired) electrons. The average Bonchev–Trinajstić information content (AvgIpc) is 2.79. The predicted octanol–water partition coefficient (Wildman–Crippen LogP) is 4.48. The maximum Gasteiger partial charge on any atom is 0.244 e. The van der Waals surface area contributed by atoms with E-state index in [9.17, 15) is 18.0 Å². The van der Waals surface area contributed by atoms with Crippen molar-refractivity contribution in [3.63, 3.8) is 0 Å². The van der Waals surface area contributed by atoms with Crippen molar-refractivity contribution in [2.45, 2.75) is 45.7 Å². The second-order valence-corrected chi connectivity index (χ2v) is 10.6. The minimum absolute atomic E-state index is 0.0383. The molecule has 1 unspecified atom stereocenters. The molecule has 0 heterocycles. The van der Waals surface area contributed by atoms with Crippen LogP contribution >= 0.6 is 23.2 Å². The van der Waals surface area contributed by atoms with Crippen LogP contribution in [0.5, 0.6) is 0 Å². The summed E-state index contributed by atoms with van der Waals surface area (Å²) in [5, 5.41) is 3.58. The lowest BCUT2D eigenvalue weighted by molar-refractivity contribution is -0.140. The summed E-state index contributed by atoms with van der Waals surface area (Å²) in [4.78, 5) is 28.0. The van der Waals surface area contributed by atoms with Crippen molar-refractivity contribution in [2.24, 2.45) is 0 Å².